The zero-order valence-electron chi connectivity index (χ0n) is 17.4. The Kier molecular flexibility index (Phi) is 8.43. The molecule has 164 valence electrons. The van der Waals surface area contributed by atoms with Crippen LogP contribution in [0.15, 0.2) is 46.9 Å². The van der Waals surface area contributed by atoms with Crippen molar-refractivity contribution in [3.8, 4) is 5.75 Å². The van der Waals surface area contributed by atoms with Gasteiger partial charge in [-0.25, -0.2) is 0 Å². The smallest absolute Gasteiger partial charge is 0.261 e. The first-order chi connectivity index (χ1) is 15.0. The lowest BCUT2D eigenvalue weighted by atomic mass is 9.95. The van der Waals surface area contributed by atoms with Gasteiger partial charge in [-0.15, -0.1) is 0 Å². The number of rotatable bonds is 6. The average Bonchev–Trinajstić information content (AvgIpc) is 2.76. The summed E-state index contributed by atoms with van der Waals surface area (Å²) in [5, 5.41) is 8.88. The quantitative estimate of drug-likeness (QED) is 0.481. The third-order valence-electron chi connectivity index (χ3n) is 5.04. The molecule has 0 bridgehead atoms. The van der Waals surface area contributed by atoms with Crippen LogP contribution < -0.4 is 20.7 Å². The second-order valence-electron chi connectivity index (χ2n) is 7.37. The minimum atomic E-state index is -0.381. The summed E-state index contributed by atoms with van der Waals surface area (Å²) < 4.78 is 6.29. The third-order valence-corrected chi connectivity index (χ3v) is 5.73. The minimum Gasteiger partial charge on any atom is -0.493 e. The summed E-state index contributed by atoms with van der Waals surface area (Å²) in [4.78, 5) is 25.3. The monoisotopic (exact) mass is 503 g/mol. The lowest BCUT2D eigenvalue weighted by molar-refractivity contribution is 0.0926. The Labute approximate surface area is 196 Å². The van der Waals surface area contributed by atoms with E-state index in [-0.39, 0.29) is 23.0 Å². The summed E-state index contributed by atoms with van der Waals surface area (Å²) in [6.07, 6.45) is 5.60. The number of ether oxygens (including phenoxy) is 1. The summed E-state index contributed by atoms with van der Waals surface area (Å²) in [6.45, 7) is 2.30. The summed E-state index contributed by atoms with van der Waals surface area (Å²) in [6, 6.07) is 12.5. The van der Waals surface area contributed by atoms with Crippen molar-refractivity contribution in [2.75, 3.05) is 11.9 Å². The van der Waals surface area contributed by atoms with Crippen molar-refractivity contribution in [1.29, 1.82) is 0 Å². The molecule has 0 aliphatic heterocycles. The van der Waals surface area contributed by atoms with Crippen molar-refractivity contribution < 1.29 is 14.3 Å². The Balaban J connectivity index is 1.62. The maximum atomic E-state index is 12.7. The third kappa shape index (κ3) is 6.77. The van der Waals surface area contributed by atoms with E-state index in [2.05, 4.69) is 31.9 Å². The zero-order valence-corrected chi connectivity index (χ0v) is 19.8. The molecular weight excluding hydrogens is 478 g/mol. The highest BCUT2D eigenvalue weighted by atomic mass is 79.9. The highest BCUT2D eigenvalue weighted by Gasteiger charge is 2.18. The van der Waals surface area contributed by atoms with Gasteiger partial charge in [0.15, 0.2) is 5.11 Å². The number of hydrogen-bond acceptors (Lipinski definition) is 4. The van der Waals surface area contributed by atoms with Gasteiger partial charge in [-0.05, 0) is 68.4 Å². The van der Waals surface area contributed by atoms with E-state index in [1.165, 1.54) is 6.42 Å². The normalized spacial score (nSPS) is 13.9. The first-order valence-corrected chi connectivity index (χ1v) is 11.6. The van der Waals surface area contributed by atoms with E-state index in [4.69, 9.17) is 17.0 Å². The highest BCUT2D eigenvalue weighted by molar-refractivity contribution is 9.10. The average molecular weight is 504 g/mol. The molecule has 31 heavy (non-hydrogen) atoms. The van der Waals surface area contributed by atoms with Gasteiger partial charge in [0, 0.05) is 21.8 Å². The van der Waals surface area contributed by atoms with Gasteiger partial charge >= 0.3 is 0 Å². The van der Waals surface area contributed by atoms with Crippen LogP contribution in [0.3, 0.4) is 0 Å². The van der Waals surface area contributed by atoms with E-state index < -0.39 is 0 Å². The van der Waals surface area contributed by atoms with Crippen molar-refractivity contribution in [3.05, 3.63) is 58.1 Å². The molecule has 0 saturated heterocycles. The van der Waals surface area contributed by atoms with Gasteiger partial charge in [0.05, 0.1) is 12.2 Å². The number of anilines is 1. The molecule has 0 atom stereocenters. The molecule has 2 aromatic rings. The predicted octanol–water partition coefficient (Wildman–Crippen LogP) is 5.04. The lowest BCUT2D eigenvalue weighted by Gasteiger charge is -2.22. The Hall–Kier alpha value is -2.45. The van der Waals surface area contributed by atoms with Crippen molar-refractivity contribution in [1.82, 2.24) is 10.6 Å². The number of carbonyl (C=O) groups excluding carboxylic acids is 2. The predicted molar refractivity (Wildman–Crippen MR) is 130 cm³/mol. The van der Waals surface area contributed by atoms with Gasteiger partial charge in [-0.3, -0.25) is 14.9 Å². The van der Waals surface area contributed by atoms with Gasteiger partial charge in [0.25, 0.3) is 11.8 Å². The van der Waals surface area contributed by atoms with Crippen molar-refractivity contribution >= 4 is 50.8 Å². The Morgan fingerprint density at radius 2 is 1.87 bits per heavy atom. The molecule has 8 heteroatoms. The maximum Gasteiger partial charge on any atom is 0.261 e. The first kappa shape index (κ1) is 23.2. The van der Waals surface area contributed by atoms with Crippen LogP contribution in [0.2, 0.25) is 0 Å². The number of thiocarbonyl (C=S) groups is 1. The molecule has 0 aromatic heterocycles. The van der Waals surface area contributed by atoms with Crippen LogP contribution in [0.25, 0.3) is 0 Å². The molecule has 0 unspecified atom stereocenters. The maximum absolute atomic E-state index is 12.7. The Morgan fingerprint density at radius 3 is 2.61 bits per heavy atom. The number of carbonyl (C=O) groups is 2. The van der Waals surface area contributed by atoms with Gasteiger partial charge in [-0.2, -0.15) is 0 Å². The SMILES string of the molecule is CCOc1ccc(Br)cc1C(=O)NC(=S)Nc1cccc(C(=O)NC2CCCCC2)c1. The van der Waals surface area contributed by atoms with Gasteiger partial charge in [-0.1, -0.05) is 41.3 Å². The first-order valence-electron chi connectivity index (χ1n) is 10.4. The minimum absolute atomic E-state index is 0.0963. The lowest BCUT2D eigenvalue weighted by Crippen LogP contribution is -2.36. The van der Waals surface area contributed by atoms with Crippen LogP contribution in [0.1, 0.15) is 59.7 Å². The van der Waals surface area contributed by atoms with Crippen LogP contribution >= 0.6 is 28.1 Å². The van der Waals surface area contributed by atoms with E-state index in [1.54, 1.807) is 36.4 Å². The molecule has 1 saturated carbocycles. The number of hydrogen-bond donors (Lipinski definition) is 3. The summed E-state index contributed by atoms with van der Waals surface area (Å²) in [5.41, 5.74) is 1.55. The van der Waals surface area contributed by atoms with Crippen molar-refractivity contribution in [3.63, 3.8) is 0 Å². The van der Waals surface area contributed by atoms with Crippen LogP contribution in [-0.2, 0) is 0 Å². The number of benzene rings is 2. The molecule has 1 fully saturated rings. The second-order valence-corrected chi connectivity index (χ2v) is 8.69. The molecule has 2 amide bonds. The molecule has 3 rings (SSSR count). The molecule has 0 heterocycles. The van der Waals surface area contributed by atoms with Crippen molar-refractivity contribution in [2.24, 2.45) is 0 Å². The Bertz CT molecular complexity index is 961. The van der Waals surface area contributed by atoms with Crippen LogP contribution in [0.5, 0.6) is 5.75 Å². The zero-order chi connectivity index (χ0) is 22.2. The molecule has 1 aliphatic rings. The van der Waals surface area contributed by atoms with Crippen LogP contribution in [0.4, 0.5) is 5.69 Å². The van der Waals surface area contributed by atoms with Gasteiger partial charge in [0.2, 0.25) is 0 Å². The molecule has 3 N–H and O–H groups in total. The molecule has 2 aromatic carbocycles. The van der Waals surface area contributed by atoms with Gasteiger partial charge in [0.1, 0.15) is 5.75 Å². The fourth-order valence-corrected chi connectivity index (χ4v) is 4.12. The number of nitrogens with one attached hydrogen (secondary N) is 3. The van der Waals surface area contributed by atoms with E-state index >= 15 is 0 Å². The Morgan fingerprint density at radius 1 is 1.10 bits per heavy atom. The van der Waals surface area contributed by atoms with Crippen LogP contribution in [-0.4, -0.2) is 29.6 Å². The number of halogens is 1. The topological polar surface area (TPSA) is 79.5 Å². The second kappa shape index (κ2) is 11.2. The molecule has 0 spiro atoms. The van der Waals surface area contributed by atoms with Gasteiger partial charge < -0.3 is 15.4 Å². The van der Waals surface area contributed by atoms with E-state index in [0.717, 1.165) is 30.2 Å². The van der Waals surface area contributed by atoms with Crippen molar-refractivity contribution in [2.45, 2.75) is 45.1 Å². The summed E-state index contributed by atoms with van der Waals surface area (Å²) in [5.74, 6) is 0.00169. The summed E-state index contributed by atoms with van der Waals surface area (Å²) >= 11 is 8.67. The van der Waals surface area contributed by atoms with E-state index in [0.29, 0.717) is 29.2 Å². The van der Waals surface area contributed by atoms with E-state index in [9.17, 15) is 9.59 Å². The molecule has 6 nitrogen and oxygen atoms in total. The molecule has 1 aliphatic carbocycles. The fraction of sp³-hybridized carbons (Fsp3) is 0.348. The number of amides is 2. The molecule has 0 radical (unpaired) electrons. The van der Waals surface area contributed by atoms with Crippen LogP contribution in [0, 0.1) is 0 Å². The largest absolute Gasteiger partial charge is 0.493 e. The standard InChI is InChI=1S/C23H26BrN3O3S/c1-2-30-20-12-11-16(24)14-19(20)22(29)27-23(31)26-18-10-6-7-15(13-18)21(28)25-17-8-4-3-5-9-17/h6-7,10-14,17H,2-5,8-9H2,1H3,(H,25,28)(H2,26,27,29,31). The van der Waals surface area contributed by atoms with E-state index in [1.807, 2.05) is 13.0 Å². The highest BCUT2D eigenvalue weighted by Crippen LogP contribution is 2.23. The fourth-order valence-electron chi connectivity index (χ4n) is 3.55. The molecular formula is C23H26BrN3O3S. The summed E-state index contributed by atoms with van der Waals surface area (Å²) in [7, 11) is 0.